The van der Waals surface area contributed by atoms with E-state index in [9.17, 15) is 4.79 Å². The van der Waals surface area contributed by atoms with E-state index in [1.165, 1.54) is 0 Å². The molecule has 5 heteroatoms. The summed E-state index contributed by atoms with van der Waals surface area (Å²) < 4.78 is 22.0. The van der Waals surface area contributed by atoms with Crippen molar-refractivity contribution in [2.24, 2.45) is 0 Å². The minimum atomic E-state index is -0.404. The summed E-state index contributed by atoms with van der Waals surface area (Å²) in [4.78, 5) is 13.8. The van der Waals surface area contributed by atoms with Gasteiger partial charge < -0.3 is 18.9 Å². The second kappa shape index (κ2) is 8.34. The van der Waals surface area contributed by atoms with Crippen molar-refractivity contribution in [1.82, 2.24) is 0 Å². The van der Waals surface area contributed by atoms with Crippen LogP contribution >= 0.6 is 0 Å². The Bertz CT molecular complexity index is 1120. The molecule has 31 heavy (non-hydrogen) atoms. The van der Waals surface area contributed by atoms with Gasteiger partial charge >= 0.3 is 0 Å². The van der Waals surface area contributed by atoms with E-state index in [4.69, 9.17) is 18.9 Å². The molecule has 0 aromatic heterocycles. The van der Waals surface area contributed by atoms with Crippen LogP contribution in [0.15, 0.2) is 54.6 Å². The molecule has 0 unspecified atom stereocenters. The van der Waals surface area contributed by atoms with Gasteiger partial charge in [0.1, 0.15) is 23.0 Å². The van der Waals surface area contributed by atoms with Crippen LogP contribution in [0.5, 0.6) is 23.0 Å². The minimum absolute atomic E-state index is 0.0423. The molecule has 3 aromatic rings. The van der Waals surface area contributed by atoms with Crippen LogP contribution < -0.4 is 18.9 Å². The number of benzene rings is 3. The molecule has 4 rings (SSSR count). The van der Waals surface area contributed by atoms with Crippen LogP contribution in [-0.4, -0.2) is 34.2 Å². The molecular weight excluding hydrogens is 392 g/mol. The zero-order chi connectivity index (χ0) is 22.1. The second-order valence-electron chi connectivity index (χ2n) is 7.67. The first kappa shape index (κ1) is 20.8. The lowest BCUT2D eigenvalue weighted by Gasteiger charge is -2.23. The summed E-state index contributed by atoms with van der Waals surface area (Å²) in [7, 11) is 6.48. The summed E-state index contributed by atoms with van der Waals surface area (Å²) in [6, 6.07) is 17.5. The third kappa shape index (κ3) is 3.61. The summed E-state index contributed by atoms with van der Waals surface area (Å²) >= 11 is 0. The van der Waals surface area contributed by atoms with Gasteiger partial charge in [-0.15, -0.1) is 0 Å². The molecule has 0 bridgehead atoms. The van der Waals surface area contributed by atoms with Gasteiger partial charge in [-0.1, -0.05) is 18.2 Å². The Morgan fingerprint density at radius 3 is 1.90 bits per heavy atom. The third-order valence-corrected chi connectivity index (χ3v) is 5.91. The van der Waals surface area contributed by atoms with Crippen molar-refractivity contribution in [3.8, 4) is 23.0 Å². The molecule has 0 N–H and O–H groups in total. The highest BCUT2D eigenvalue weighted by Crippen LogP contribution is 2.52. The summed E-state index contributed by atoms with van der Waals surface area (Å²) in [6.07, 6.45) is 0. The Hall–Kier alpha value is -3.47. The molecule has 0 spiro atoms. The van der Waals surface area contributed by atoms with Crippen LogP contribution in [0.1, 0.15) is 44.4 Å². The fourth-order valence-corrected chi connectivity index (χ4v) is 4.49. The predicted octanol–water partition coefficient (Wildman–Crippen LogP) is 5.14. The molecule has 0 saturated carbocycles. The van der Waals surface area contributed by atoms with Crippen LogP contribution in [0.4, 0.5) is 0 Å². The lowest BCUT2D eigenvalue weighted by atomic mass is 9.80. The topological polar surface area (TPSA) is 54.0 Å². The quantitative estimate of drug-likeness (QED) is 0.555. The number of rotatable bonds is 6. The molecule has 1 aliphatic carbocycles. The maximum Gasteiger partial charge on any atom is 0.171 e. The summed E-state index contributed by atoms with van der Waals surface area (Å²) in [5, 5.41) is 0. The van der Waals surface area contributed by atoms with Crippen molar-refractivity contribution in [2.75, 3.05) is 28.4 Å². The summed E-state index contributed by atoms with van der Waals surface area (Å²) in [5.41, 5.74) is 4.48. The number of hydrogen-bond donors (Lipinski definition) is 0. The number of hydrogen-bond acceptors (Lipinski definition) is 5. The average molecular weight is 418 g/mol. The van der Waals surface area contributed by atoms with Gasteiger partial charge in [-0.05, 0) is 53.9 Å². The van der Waals surface area contributed by atoms with Gasteiger partial charge in [0.25, 0.3) is 0 Å². The number of methoxy groups -OCH3 is 4. The third-order valence-electron chi connectivity index (χ3n) is 5.91. The number of ketones is 1. The van der Waals surface area contributed by atoms with E-state index in [2.05, 4.69) is 6.07 Å². The van der Waals surface area contributed by atoms with Gasteiger partial charge in [0.05, 0.1) is 34.4 Å². The maximum atomic E-state index is 13.8. The average Bonchev–Trinajstić information content (AvgIpc) is 3.10. The van der Waals surface area contributed by atoms with Crippen molar-refractivity contribution in [1.29, 1.82) is 0 Å². The molecule has 0 heterocycles. The van der Waals surface area contributed by atoms with Crippen molar-refractivity contribution in [3.63, 3.8) is 0 Å². The summed E-state index contributed by atoms with van der Waals surface area (Å²) in [5.74, 6) is 2.17. The Morgan fingerprint density at radius 1 is 0.645 bits per heavy atom. The van der Waals surface area contributed by atoms with Crippen LogP contribution in [0.25, 0.3) is 0 Å². The number of carbonyl (C=O) groups is 1. The Morgan fingerprint density at radius 2 is 1.29 bits per heavy atom. The van der Waals surface area contributed by atoms with E-state index in [0.717, 1.165) is 33.8 Å². The highest BCUT2D eigenvalue weighted by atomic mass is 16.5. The van der Waals surface area contributed by atoms with Gasteiger partial charge in [-0.2, -0.15) is 0 Å². The van der Waals surface area contributed by atoms with Crippen LogP contribution in [0, 0.1) is 6.92 Å². The van der Waals surface area contributed by atoms with Crippen molar-refractivity contribution in [2.45, 2.75) is 18.8 Å². The van der Waals surface area contributed by atoms with Gasteiger partial charge in [0.2, 0.25) is 0 Å². The Balaban J connectivity index is 1.96. The van der Waals surface area contributed by atoms with Crippen LogP contribution in [0.2, 0.25) is 0 Å². The lowest BCUT2D eigenvalue weighted by Crippen LogP contribution is -2.13. The summed E-state index contributed by atoms with van der Waals surface area (Å²) in [6.45, 7) is 2.00. The first-order chi connectivity index (χ1) is 15.0. The predicted molar refractivity (Wildman–Crippen MR) is 119 cm³/mol. The number of ether oxygens (including phenoxy) is 4. The zero-order valence-corrected chi connectivity index (χ0v) is 18.4. The van der Waals surface area contributed by atoms with Crippen molar-refractivity contribution in [3.05, 3.63) is 82.4 Å². The lowest BCUT2D eigenvalue weighted by molar-refractivity contribution is 0.0968. The molecule has 5 nitrogen and oxygen atoms in total. The fraction of sp³-hybridized carbons (Fsp3) is 0.269. The standard InChI is InChI=1S/C26H26O5/c1-15-10-17(12-19(11-15)29-3)24-23(16-6-8-18(28-2)9-7-16)25-21(26(24)27)13-20(30-4)14-22(25)31-5/h6-14,23-24H,1-5H3/t23-,24+/m1/s1. The molecule has 0 saturated heterocycles. The molecule has 1 aliphatic rings. The molecule has 0 aliphatic heterocycles. The maximum absolute atomic E-state index is 13.8. The number of Topliss-reactive ketones (excluding diaryl/α,β-unsaturated/α-hetero) is 1. The smallest absolute Gasteiger partial charge is 0.171 e. The van der Waals surface area contributed by atoms with E-state index in [0.29, 0.717) is 17.1 Å². The minimum Gasteiger partial charge on any atom is -0.497 e. The molecule has 0 fully saturated rings. The monoisotopic (exact) mass is 418 g/mol. The first-order valence-electron chi connectivity index (χ1n) is 10.1. The largest absolute Gasteiger partial charge is 0.497 e. The van der Waals surface area contributed by atoms with E-state index in [1.807, 2.05) is 55.5 Å². The zero-order valence-electron chi connectivity index (χ0n) is 18.4. The van der Waals surface area contributed by atoms with Gasteiger partial charge in [0, 0.05) is 23.1 Å². The fourth-order valence-electron chi connectivity index (χ4n) is 4.49. The Kier molecular flexibility index (Phi) is 5.59. The molecule has 0 radical (unpaired) electrons. The van der Waals surface area contributed by atoms with E-state index < -0.39 is 5.92 Å². The van der Waals surface area contributed by atoms with Crippen LogP contribution in [-0.2, 0) is 0 Å². The van der Waals surface area contributed by atoms with Gasteiger partial charge in [0.15, 0.2) is 5.78 Å². The van der Waals surface area contributed by atoms with E-state index in [1.54, 1.807) is 28.4 Å². The molecule has 2 atom stereocenters. The van der Waals surface area contributed by atoms with E-state index >= 15 is 0 Å². The normalized spacial score (nSPS) is 17.3. The first-order valence-corrected chi connectivity index (χ1v) is 10.1. The van der Waals surface area contributed by atoms with Crippen molar-refractivity contribution >= 4 is 5.78 Å². The molecule has 3 aromatic carbocycles. The van der Waals surface area contributed by atoms with Crippen LogP contribution in [0.3, 0.4) is 0 Å². The SMILES string of the molecule is COc1ccc([C@H]2c3c(OC)cc(OC)cc3C(=O)[C@H]2c2cc(C)cc(OC)c2)cc1. The highest BCUT2D eigenvalue weighted by Gasteiger charge is 2.44. The van der Waals surface area contributed by atoms with Crippen molar-refractivity contribution < 1.29 is 23.7 Å². The van der Waals surface area contributed by atoms with E-state index in [-0.39, 0.29) is 11.7 Å². The second-order valence-corrected chi connectivity index (χ2v) is 7.67. The number of fused-ring (bicyclic) bond motifs is 1. The van der Waals surface area contributed by atoms with Gasteiger partial charge in [-0.3, -0.25) is 4.79 Å². The Labute approximate surface area is 182 Å². The molecular formula is C26H26O5. The highest BCUT2D eigenvalue weighted by molar-refractivity contribution is 6.08. The number of aryl methyl sites for hydroxylation is 1. The molecule has 0 amide bonds. The van der Waals surface area contributed by atoms with Gasteiger partial charge in [-0.25, -0.2) is 0 Å². The number of carbonyl (C=O) groups excluding carboxylic acids is 1. The molecule has 160 valence electrons.